The van der Waals surface area contributed by atoms with Crippen LogP contribution >= 0.6 is 0 Å². The smallest absolute Gasteiger partial charge is 0.191 e. The fourth-order valence-corrected chi connectivity index (χ4v) is 2.08. The number of nitrogens with zero attached hydrogens (tertiary/aromatic N) is 2. The largest absolute Gasteiger partial charge is 0.488 e. The van der Waals surface area contributed by atoms with Crippen molar-refractivity contribution in [3.63, 3.8) is 0 Å². The van der Waals surface area contributed by atoms with Crippen LogP contribution in [0.25, 0.3) is 0 Å². The Hall–Kier alpha value is -1.75. The monoisotopic (exact) mass is 320 g/mol. The second kappa shape index (κ2) is 9.40. The van der Waals surface area contributed by atoms with E-state index in [0.717, 1.165) is 36.8 Å². The predicted octanol–water partition coefficient (Wildman–Crippen LogP) is 2.48. The molecule has 1 aromatic carbocycles. The van der Waals surface area contributed by atoms with Crippen molar-refractivity contribution >= 4 is 5.96 Å². The summed E-state index contributed by atoms with van der Waals surface area (Å²) in [7, 11) is 5.96. The van der Waals surface area contributed by atoms with Gasteiger partial charge in [0.2, 0.25) is 0 Å². The van der Waals surface area contributed by atoms with Crippen molar-refractivity contribution in [2.45, 2.75) is 39.3 Å². The summed E-state index contributed by atoms with van der Waals surface area (Å²) >= 11 is 0. The molecule has 0 aliphatic heterocycles. The lowest BCUT2D eigenvalue weighted by Gasteiger charge is -2.23. The number of hydrogen-bond donors (Lipinski definition) is 2. The summed E-state index contributed by atoms with van der Waals surface area (Å²) in [6.45, 7) is 8.82. The van der Waals surface area contributed by atoms with E-state index in [1.54, 1.807) is 7.05 Å². The van der Waals surface area contributed by atoms with Crippen LogP contribution < -0.4 is 15.4 Å². The highest BCUT2D eigenvalue weighted by Gasteiger charge is 2.14. The van der Waals surface area contributed by atoms with Crippen molar-refractivity contribution in [2.75, 3.05) is 34.2 Å². The second-order valence-electron chi connectivity index (χ2n) is 6.83. The normalized spacial score (nSPS) is 12.4. The highest BCUT2D eigenvalue weighted by Crippen LogP contribution is 2.22. The van der Waals surface area contributed by atoms with Crippen molar-refractivity contribution < 1.29 is 4.74 Å². The van der Waals surface area contributed by atoms with Crippen LogP contribution in [-0.4, -0.2) is 50.7 Å². The molecule has 0 unspecified atom stereocenters. The molecule has 0 bridgehead atoms. The number of ether oxygens (including phenoxy) is 1. The maximum Gasteiger partial charge on any atom is 0.191 e. The van der Waals surface area contributed by atoms with Gasteiger partial charge in [-0.25, -0.2) is 0 Å². The van der Waals surface area contributed by atoms with Crippen molar-refractivity contribution in [1.82, 2.24) is 15.5 Å². The zero-order chi connectivity index (χ0) is 17.3. The number of guanidine groups is 1. The Balaban J connectivity index is 2.52. The van der Waals surface area contributed by atoms with Gasteiger partial charge in [0.05, 0.1) is 0 Å². The van der Waals surface area contributed by atoms with Crippen molar-refractivity contribution in [3.8, 4) is 5.75 Å². The Bertz CT molecular complexity index is 492. The minimum Gasteiger partial charge on any atom is -0.488 e. The highest BCUT2D eigenvalue weighted by atomic mass is 16.5. The summed E-state index contributed by atoms with van der Waals surface area (Å²) in [5, 5.41) is 6.68. The summed E-state index contributed by atoms with van der Waals surface area (Å²) in [5.41, 5.74) is 0.918. The lowest BCUT2D eigenvalue weighted by molar-refractivity contribution is 0.129. The van der Waals surface area contributed by atoms with E-state index in [1.807, 2.05) is 18.2 Å². The molecule has 0 aliphatic carbocycles. The van der Waals surface area contributed by atoms with E-state index < -0.39 is 0 Å². The van der Waals surface area contributed by atoms with E-state index in [4.69, 9.17) is 4.74 Å². The van der Waals surface area contributed by atoms with Gasteiger partial charge in [0, 0.05) is 25.7 Å². The minimum absolute atomic E-state index is 0.206. The zero-order valence-corrected chi connectivity index (χ0v) is 15.4. The van der Waals surface area contributed by atoms with Gasteiger partial charge in [-0.1, -0.05) is 18.2 Å². The molecule has 0 atom stereocenters. The first-order valence-electron chi connectivity index (χ1n) is 8.18. The van der Waals surface area contributed by atoms with E-state index in [1.165, 1.54) is 0 Å². The molecule has 1 rings (SSSR count). The van der Waals surface area contributed by atoms with E-state index in [-0.39, 0.29) is 5.60 Å². The maximum absolute atomic E-state index is 6.02. The second-order valence-corrected chi connectivity index (χ2v) is 6.83. The van der Waals surface area contributed by atoms with Crippen LogP contribution in [0.4, 0.5) is 0 Å². The van der Waals surface area contributed by atoms with E-state index in [0.29, 0.717) is 6.54 Å². The first-order valence-corrected chi connectivity index (χ1v) is 8.18. The Morgan fingerprint density at radius 1 is 1.17 bits per heavy atom. The molecule has 0 fully saturated rings. The minimum atomic E-state index is -0.206. The van der Waals surface area contributed by atoms with Crippen molar-refractivity contribution in [3.05, 3.63) is 29.8 Å². The molecule has 23 heavy (non-hydrogen) atoms. The molecule has 0 aliphatic rings. The molecule has 130 valence electrons. The molecule has 0 heterocycles. The lowest BCUT2D eigenvalue weighted by atomic mass is 10.1. The van der Waals surface area contributed by atoms with Crippen LogP contribution in [0, 0.1) is 0 Å². The molecule has 1 aromatic rings. The molecule has 0 amide bonds. The van der Waals surface area contributed by atoms with Gasteiger partial charge in [-0.3, -0.25) is 4.99 Å². The first kappa shape index (κ1) is 19.3. The molecule has 0 saturated heterocycles. The van der Waals surface area contributed by atoms with Gasteiger partial charge in [-0.15, -0.1) is 0 Å². The Morgan fingerprint density at radius 2 is 1.87 bits per heavy atom. The van der Waals surface area contributed by atoms with Crippen LogP contribution in [-0.2, 0) is 6.54 Å². The van der Waals surface area contributed by atoms with Gasteiger partial charge in [0.1, 0.15) is 11.4 Å². The molecule has 2 N–H and O–H groups in total. The average Bonchev–Trinajstić information content (AvgIpc) is 2.46. The summed E-state index contributed by atoms with van der Waals surface area (Å²) in [4.78, 5) is 6.44. The van der Waals surface area contributed by atoms with Gasteiger partial charge < -0.3 is 20.3 Å². The Kier molecular flexibility index (Phi) is 7.89. The fourth-order valence-electron chi connectivity index (χ4n) is 2.08. The number of nitrogens with one attached hydrogen (secondary N) is 2. The quantitative estimate of drug-likeness (QED) is 0.460. The molecule has 0 spiro atoms. The number of rotatable bonds is 7. The Morgan fingerprint density at radius 3 is 2.48 bits per heavy atom. The van der Waals surface area contributed by atoms with Gasteiger partial charge in [0.15, 0.2) is 5.96 Å². The van der Waals surface area contributed by atoms with Gasteiger partial charge in [-0.2, -0.15) is 0 Å². The van der Waals surface area contributed by atoms with Gasteiger partial charge >= 0.3 is 0 Å². The molecule has 0 radical (unpaired) electrons. The van der Waals surface area contributed by atoms with Crippen LogP contribution in [0.1, 0.15) is 32.8 Å². The Labute approximate surface area is 141 Å². The third-order valence-corrected chi connectivity index (χ3v) is 3.13. The summed E-state index contributed by atoms with van der Waals surface area (Å²) in [5.74, 6) is 1.73. The van der Waals surface area contributed by atoms with Crippen molar-refractivity contribution in [1.29, 1.82) is 0 Å². The first-order chi connectivity index (χ1) is 10.8. The van der Waals surface area contributed by atoms with Gasteiger partial charge in [0.25, 0.3) is 0 Å². The lowest BCUT2D eigenvalue weighted by Crippen LogP contribution is -2.38. The molecular formula is C18H32N4O. The standard InChI is InChI=1S/C18H32N4O/c1-18(2,3)23-16-11-8-7-10-15(16)14-21-17(19-4)20-12-9-13-22(5)6/h7-8,10-11H,9,12-14H2,1-6H3,(H2,19,20,21). The number of aliphatic imine (C=N–C) groups is 1. The molecule has 5 heteroatoms. The van der Waals surface area contributed by atoms with Crippen LogP contribution in [0.2, 0.25) is 0 Å². The fraction of sp³-hybridized carbons (Fsp3) is 0.611. The average molecular weight is 320 g/mol. The number of benzene rings is 1. The number of para-hydroxylation sites is 1. The predicted molar refractivity (Wildman–Crippen MR) is 98.2 cm³/mol. The zero-order valence-electron chi connectivity index (χ0n) is 15.4. The molecule has 5 nitrogen and oxygen atoms in total. The topological polar surface area (TPSA) is 48.9 Å². The van der Waals surface area contributed by atoms with E-state index in [9.17, 15) is 0 Å². The summed E-state index contributed by atoms with van der Waals surface area (Å²) < 4.78 is 6.02. The molecule has 0 aromatic heterocycles. The van der Waals surface area contributed by atoms with Crippen LogP contribution in [0.5, 0.6) is 5.75 Å². The highest BCUT2D eigenvalue weighted by molar-refractivity contribution is 5.79. The summed E-state index contributed by atoms with van der Waals surface area (Å²) in [6, 6.07) is 8.11. The van der Waals surface area contributed by atoms with Crippen LogP contribution in [0.3, 0.4) is 0 Å². The molecule has 0 saturated carbocycles. The van der Waals surface area contributed by atoms with Crippen molar-refractivity contribution in [2.24, 2.45) is 4.99 Å². The summed E-state index contributed by atoms with van der Waals surface area (Å²) in [6.07, 6.45) is 1.08. The SMILES string of the molecule is CN=C(NCCCN(C)C)NCc1ccccc1OC(C)(C)C. The van der Waals surface area contributed by atoms with E-state index >= 15 is 0 Å². The number of hydrogen-bond acceptors (Lipinski definition) is 3. The van der Waals surface area contributed by atoms with Gasteiger partial charge in [-0.05, 0) is 53.9 Å². The van der Waals surface area contributed by atoms with Crippen LogP contribution in [0.15, 0.2) is 29.3 Å². The van der Waals surface area contributed by atoms with E-state index in [2.05, 4.69) is 61.5 Å². The third-order valence-electron chi connectivity index (χ3n) is 3.13. The third kappa shape index (κ3) is 8.45. The molecular weight excluding hydrogens is 288 g/mol. The maximum atomic E-state index is 6.02.